The van der Waals surface area contributed by atoms with E-state index in [-0.39, 0.29) is 57.5 Å². The predicted octanol–water partition coefficient (Wildman–Crippen LogP) is 4.60. The zero-order valence-corrected chi connectivity index (χ0v) is 29.9. The Balaban J connectivity index is 1.83. The van der Waals surface area contributed by atoms with Crippen molar-refractivity contribution in [1.29, 1.82) is 5.26 Å². The van der Waals surface area contributed by atoms with E-state index >= 15 is 0 Å². The third-order valence-electron chi connectivity index (χ3n) is 10.8. The number of nitriles is 1. The molecular weight excluding hydrogens is 658 g/mol. The molecule has 0 radical (unpaired) electrons. The molecule has 1 N–H and O–H groups in total. The van der Waals surface area contributed by atoms with Crippen molar-refractivity contribution in [1.82, 2.24) is 5.32 Å². The molecule has 2 atom stereocenters. The second-order valence-corrected chi connectivity index (χ2v) is 13.6. The van der Waals surface area contributed by atoms with Crippen molar-refractivity contribution in [2.45, 2.75) is 95.7 Å². The lowest BCUT2D eigenvalue weighted by atomic mass is 9.59. The topological polar surface area (TPSA) is 172 Å². The van der Waals surface area contributed by atoms with Crippen LogP contribution in [-0.4, -0.2) is 70.3 Å². The Labute approximate surface area is 296 Å². The second kappa shape index (κ2) is 13.9. The van der Waals surface area contributed by atoms with Crippen molar-refractivity contribution in [3.05, 3.63) is 62.6 Å². The smallest absolute Gasteiger partial charge is 0.344 e. The Hall–Kier alpha value is -5.12. The first kappa shape index (κ1) is 35.7. The summed E-state index contributed by atoms with van der Waals surface area (Å²) in [5, 5.41) is 14.3. The number of esters is 4. The lowest BCUT2D eigenvalue weighted by Gasteiger charge is -2.49. The molecule has 51 heavy (non-hydrogen) atoms. The molecule has 5 aliphatic rings. The van der Waals surface area contributed by atoms with Crippen molar-refractivity contribution in [3.8, 4) is 11.8 Å². The number of carbonyl (C=O) groups excluding carboxylic acids is 4. The van der Waals surface area contributed by atoms with E-state index in [1.54, 1.807) is 12.1 Å². The largest absolute Gasteiger partial charge is 0.468 e. The molecule has 1 aromatic carbocycles. The van der Waals surface area contributed by atoms with Crippen LogP contribution < -0.4 is 10.1 Å². The lowest BCUT2D eigenvalue weighted by Crippen LogP contribution is -2.60. The number of aryl methyl sites for hydroxylation is 2. The molecule has 3 aliphatic carbocycles. The third kappa shape index (κ3) is 5.29. The Morgan fingerprint density at radius 1 is 0.824 bits per heavy atom. The lowest BCUT2D eigenvalue weighted by molar-refractivity contribution is -0.167. The zero-order chi connectivity index (χ0) is 36.7. The number of hydrogen-bond acceptors (Lipinski definition) is 13. The number of nitrogens with one attached hydrogen (secondary N) is 1. The van der Waals surface area contributed by atoms with Gasteiger partial charge in [-0.05, 0) is 62.8 Å². The highest BCUT2D eigenvalue weighted by Crippen LogP contribution is 2.68. The Morgan fingerprint density at radius 2 is 1.41 bits per heavy atom. The first-order chi connectivity index (χ1) is 24.5. The standard InChI is InChI=1S/C38H43N3O10/c1-20-17-25-26(18-21(20)2)50-31-24(19-39)30(40-22-13-9-7-10-14-22)29(35(44)48-5)37(31,36(45)49-6)38(25)28(34(43)47-4)27(33(42)46-3)32(51-38)41-23-15-11-8-12-16-23/h17-18,22-23,40H,7-16H2,1-6H3/t37-,38+/m1/s1. The van der Waals surface area contributed by atoms with E-state index in [1.807, 2.05) is 13.8 Å². The van der Waals surface area contributed by atoms with Crippen LogP contribution in [0.15, 0.2) is 50.9 Å². The molecule has 2 fully saturated rings. The van der Waals surface area contributed by atoms with Gasteiger partial charge in [-0.3, -0.25) is 4.79 Å². The van der Waals surface area contributed by atoms with E-state index in [4.69, 9.17) is 33.4 Å². The van der Waals surface area contributed by atoms with Gasteiger partial charge in [0.2, 0.25) is 16.9 Å². The highest BCUT2D eigenvalue weighted by molar-refractivity contribution is 6.25. The fourth-order valence-electron chi connectivity index (χ4n) is 8.29. The molecule has 1 spiro atoms. The van der Waals surface area contributed by atoms with Gasteiger partial charge in [-0.25, -0.2) is 19.4 Å². The van der Waals surface area contributed by atoms with Crippen LogP contribution in [0.5, 0.6) is 5.75 Å². The minimum atomic E-state index is -2.57. The molecule has 0 bridgehead atoms. The molecule has 6 rings (SSSR count). The van der Waals surface area contributed by atoms with Crippen molar-refractivity contribution in [3.63, 3.8) is 0 Å². The summed E-state index contributed by atoms with van der Waals surface area (Å²) in [6.07, 6.45) is 8.48. The number of hydrogen-bond donors (Lipinski definition) is 1. The fraction of sp³-hybridized carbons (Fsp3) is 0.526. The minimum absolute atomic E-state index is 0.0117. The molecule has 0 saturated heterocycles. The summed E-state index contributed by atoms with van der Waals surface area (Å²) < 4.78 is 35.0. The summed E-state index contributed by atoms with van der Waals surface area (Å²) in [4.78, 5) is 62.6. The number of methoxy groups -OCH3 is 4. The number of rotatable bonds is 7. The van der Waals surface area contributed by atoms with Crippen LogP contribution in [0.1, 0.15) is 80.9 Å². The summed E-state index contributed by atoms with van der Waals surface area (Å²) in [6, 6.07) is 5.06. The maximum Gasteiger partial charge on any atom is 0.344 e. The van der Waals surface area contributed by atoms with Gasteiger partial charge in [0, 0.05) is 11.6 Å². The number of nitrogens with zero attached hydrogens (tertiary/aromatic N) is 2. The van der Waals surface area contributed by atoms with Gasteiger partial charge in [0.05, 0.1) is 45.8 Å². The van der Waals surface area contributed by atoms with Crippen LogP contribution in [0.4, 0.5) is 0 Å². The SMILES string of the molecule is COC(=O)C1=C(C(=O)OC)[C@@]2(OC1=NC1CCCCC1)c1cc(C)c(C)cc1OC1=C(C#N)C(NC3CCCCC3)=C(C(=O)OC)[C@]12C(=O)OC. The van der Waals surface area contributed by atoms with Crippen LogP contribution in [0, 0.1) is 30.6 Å². The zero-order valence-electron chi connectivity index (χ0n) is 29.9. The summed E-state index contributed by atoms with van der Waals surface area (Å²) in [5.74, 6) is -4.63. The maximum absolute atomic E-state index is 15.0. The third-order valence-corrected chi connectivity index (χ3v) is 10.8. The number of allylic oxidation sites excluding steroid dienone is 1. The van der Waals surface area contributed by atoms with Crippen LogP contribution in [0.2, 0.25) is 0 Å². The first-order valence-corrected chi connectivity index (χ1v) is 17.4. The van der Waals surface area contributed by atoms with Gasteiger partial charge >= 0.3 is 23.9 Å². The number of carbonyl (C=O) groups is 4. The maximum atomic E-state index is 15.0. The molecule has 0 unspecified atom stereocenters. The number of benzene rings is 1. The van der Waals surface area contributed by atoms with Gasteiger partial charge in [0.15, 0.2) is 5.76 Å². The average Bonchev–Trinajstić information content (AvgIpc) is 3.63. The van der Waals surface area contributed by atoms with E-state index in [0.29, 0.717) is 18.4 Å². The highest BCUT2D eigenvalue weighted by atomic mass is 16.6. The predicted molar refractivity (Wildman–Crippen MR) is 181 cm³/mol. The fourth-order valence-corrected chi connectivity index (χ4v) is 8.29. The monoisotopic (exact) mass is 701 g/mol. The van der Waals surface area contributed by atoms with Gasteiger partial charge in [-0.2, -0.15) is 5.26 Å². The van der Waals surface area contributed by atoms with E-state index in [2.05, 4.69) is 11.4 Å². The average molecular weight is 702 g/mol. The Bertz CT molecular complexity index is 1850. The number of aliphatic imine (C=N–C) groups is 1. The molecule has 2 heterocycles. The van der Waals surface area contributed by atoms with Crippen LogP contribution in [0.3, 0.4) is 0 Å². The molecule has 13 nitrogen and oxygen atoms in total. The van der Waals surface area contributed by atoms with Crippen LogP contribution >= 0.6 is 0 Å². The van der Waals surface area contributed by atoms with E-state index in [0.717, 1.165) is 85.4 Å². The molecule has 270 valence electrons. The summed E-state index contributed by atoms with van der Waals surface area (Å²) in [5.41, 5.74) is -4.83. The van der Waals surface area contributed by atoms with Crippen molar-refractivity contribution >= 4 is 29.8 Å². The minimum Gasteiger partial charge on any atom is -0.468 e. The van der Waals surface area contributed by atoms with Gasteiger partial charge in [-0.15, -0.1) is 0 Å². The summed E-state index contributed by atoms with van der Waals surface area (Å²) in [7, 11) is 4.53. The highest BCUT2D eigenvalue weighted by Gasteiger charge is 2.79. The Kier molecular flexibility index (Phi) is 9.72. The van der Waals surface area contributed by atoms with Crippen molar-refractivity contribution < 1.29 is 47.6 Å². The van der Waals surface area contributed by atoms with Gasteiger partial charge < -0.3 is 33.7 Å². The van der Waals surface area contributed by atoms with E-state index in [9.17, 15) is 24.4 Å². The number of ether oxygens (including phenoxy) is 6. The van der Waals surface area contributed by atoms with Gasteiger partial charge in [-0.1, -0.05) is 38.5 Å². The van der Waals surface area contributed by atoms with Crippen molar-refractivity contribution in [2.24, 2.45) is 10.4 Å². The van der Waals surface area contributed by atoms with Gasteiger partial charge in [0.25, 0.3) is 0 Å². The van der Waals surface area contributed by atoms with Crippen molar-refractivity contribution in [2.75, 3.05) is 28.4 Å². The molecule has 13 heteroatoms. The Morgan fingerprint density at radius 3 is 2.00 bits per heavy atom. The number of fused-ring (bicyclic) bond motifs is 4. The summed E-state index contributed by atoms with van der Waals surface area (Å²) >= 11 is 0. The molecular formula is C38H43N3O10. The molecule has 1 aromatic rings. The van der Waals surface area contributed by atoms with Gasteiger partial charge in [0.1, 0.15) is 28.5 Å². The second-order valence-electron chi connectivity index (χ2n) is 13.6. The molecule has 2 saturated carbocycles. The quantitative estimate of drug-likeness (QED) is 0.310. The van der Waals surface area contributed by atoms with E-state index < -0.39 is 40.5 Å². The van der Waals surface area contributed by atoms with E-state index in [1.165, 1.54) is 0 Å². The first-order valence-electron chi connectivity index (χ1n) is 17.4. The molecule has 0 amide bonds. The molecule has 2 aliphatic heterocycles. The normalized spacial score (nSPS) is 25.5. The van der Waals surface area contributed by atoms with Crippen LogP contribution in [-0.2, 0) is 48.5 Å². The molecule has 0 aromatic heterocycles. The van der Waals surface area contributed by atoms with Crippen LogP contribution in [0.25, 0.3) is 0 Å². The summed E-state index contributed by atoms with van der Waals surface area (Å²) in [6.45, 7) is 3.66.